The number of halogens is 3. The van der Waals surface area contributed by atoms with Crippen molar-refractivity contribution < 1.29 is 18.0 Å². The molecule has 4 rings (SSSR count). The smallest absolute Gasteiger partial charge is 0.313 e. The standard InChI is InChI=1S/C22H17F3N2O/c23-16-7-5-15(6-8-16)21-20-4-2-1-3-14(20)9-10-27(21)22(28)26-19-12-17(24)11-18(25)13-19/h1-8,11-13,21H,9-10H2,(H,26,28). The first-order chi connectivity index (χ1) is 13.5. The molecule has 0 aromatic heterocycles. The first-order valence-electron chi connectivity index (χ1n) is 8.88. The van der Waals surface area contributed by atoms with Gasteiger partial charge in [-0.25, -0.2) is 18.0 Å². The predicted molar refractivity (Wildman–Crippen MR) is 100 cm³/mol. The summed E-state index contributed by atoms with van der Waals surface area (Å²) < 4.78 is 40.3. The molecule has 6 heteroatoms. The zero-order chi connectivity index (χ0) is 19.7. The van der Waals surface area contributed by atoms with Crippen molar-refractivity contribution in [3.05, 3.63) is 101 Å². The maximum atomic E-state index is 13.5. The molecule has 1 aliphatic rings. The van der Waals surface area contributed by atoms with Crippen molar-refractivity contribution >= 4 is 11.7 Å². The minimum absolute atomic E-state index is 0.0409. The highest BCUT2D eigenvalue weighted by Crippen LogP contribution is 2.35. The molecular formula is C22H17F3N2O. The van der Waals surface area contributed by atoms with Crippen LogP contribution in [0.25, 0.3) is 0 Å². The fourth-order valence-corrected chi connectivity index (χ4v) is 3.61. The largest absolute Gasteiger partial charge is 0.322 e. The van der Waals surface area contributed by atoms with Crippen LogP contribution in [-0.2, 0) is 6.42 Å². The van der Waals surface area contributed by atoms with Crippen molar-refractivity contribution in [3.63, 3.8) is 0 Å². The zero-order valence-electron chi connectivity index (χ0n) is 14.8. The number of hydrogen-bond acceptors (Lipinski definition) is 1. The third-order valence-corrected chi connectivity index (χ3v) is 4.84. The minimum atomic E-state index is -0.769. The number of rotatable bonds is 2. The Balaban J connectivity index is 1.70. The molecule has 142 valence electrons. The summed E-state index contributed by atoms with van der Waals surface area (Å²) in [5.74, 6) is -1.90. The average molecular weight is 382 g/mol. The van der Waals surface area contributed by atoms with Gasteiger partial charge in [0.15, 0.2) is 0 Å². The van der Waals surface area contributed by atoms with E-state index in [1.54, 1.807) is 17.0 Å². The lowest BCUT2D eigenvalue weighted by atomic mass is 9.88. The van der Waals surface area contributed by atoms with E-state index in [4.69, 9.17) is 0 Å². The van der Waals surface area contributed by atoms with Gasteiger partial charge in [-0.05, 0) is 47.4 Å². The van der Waals surface area contributed by atoms with Crippen molar-refractivity contribution in [3.8, 4) is 0 Å². The fraction of sp³-hybridized carbons (Fsp3) is 0.136. The van der Waals surface area contributed by atoms with Crippen LogP contribution in [0.5, 0.6) is 0 Å². The van der Waals surface area contributed by atoms with E-state index < -0.39 is 23.7 Å². The Morgan fingerprint density at radius 3 is 2.29 bits per heavy atom. The molecule has 3 aromatic rings. The van der Waals surface area contributed by atoms with Gasteiger partial charge < -0.3 is 10.2 Å². The topological polar surface area (TPSA) is 32.3 Å². The number of carbonyl (C=O) groups excluding carboxylic acids is 1. The highest BCUT2D eigenvalue weighted by Gasteiger charge is 2.32. The molecule has 0 spiro atoms. The molecule has 2 amide bonds. The van der Waals surface area contributed by atoms with E-state index in [1.807, 2.05) is 24.3 Å². The summed E-state index contributed by atoms with van der Waals surface area (Å²) in [6.45, 7) is 0.419. The van der Waals surface area contributed by atoms with Crippen molar-refractivity contribution in [1.29, 1.82) is 0 Å². The van der Waals surface area contributed by atoms with Gasteiger partial charge in [0.25, 0.3) is 0 Å². The Morgan fingerprint density at radius 2 is 1.57 bits per heavy atom. The number of fused-ring (bicyclic) bond motifs is 1. The number of hydrogen-bond donors (Lipinski definition) is 1. The quantitative estimate of drug-likeness (QED) is 0.642. The van der Waals surface area contributed by atoms with Crippen LogP contribution in [0.3, 0.4) is 0 Å². The van der Waals surface area contributed by atoms with Crippen molar-refractivity contribution in [1.82, 2.24) is 4.90 Å². The molecule has 0 radical (unpaired) electrons. The summed E-state index contributed by atoms with van der Waals surface area (Å²) in [5.41, 5.74) is 2.85. The van der Waals surface area contributed by atoms with Crippen LogP contribution in [0.1, 0.15) is 22.7 Å². The summed E-state index contributed by atoms with van der Waals surface area (Å²) in [6, 6.07) is 15.7. The molecule has 1 atom stereocenters. The minimum Gasteiger partial charge on any atom is -0.313 e. The summed E-state index contributed by atoms with van der Waals surface area (Å²) in [5, 5.41) is 2.57. The molecule has 0 saturated heterocycles. The molecular weight excluding hydrogens is 365 g/mol. The van der Waals surface area contributed by atoms with Crippen molar-refractivity contribution in [2.75, 3.05) is 11.9 Å². The Labute approximate surface area is 160 Å². The summed E-state index contributed by atoms with van der Waals surface area (Å²) in [7, 11) is 0. The molecule has 0 bridgehead atoms. The number of amides is 2. The van der Waals surface area contributed by atoms with E-state index in [2.05, 4.69) is 5.32 Å². The van der Waals surface area contributed by atoms with E-state index >= 15 is 0 Å². The van der Waals surface area contributed by atoms with Crippen molar-refractivity contribution in [2.24, 2.45) is 0 Å². The number of urea groups is 1. The molecule has 3 aromatic carbocycles. The van der Waals surface area contributed by atoms with Crippen molar-refractivity contribution in [2.45, 2.75) is 12.5 Å². The Kier molecular flexibility index (Phi) is 4.77. The molecule has 1 aliphatic heterocycles. The summed E-state index contributed by atoms with van der Waals surface area (Å²) in [6.07, 6.45) is 0.652. The second-order valence-corrected chi connectivity index (χ2v) is 6.68. The third kappa shape index (κ3) is 3.58. The maximum absolute atomic E-state index is 13.5. The van der Waals surface area contributed by atoms with Gasteiger partial charge in [-0.2, -0.15) is 0 Å². The number of benzene rings is 3. The van der Waals surface area contributed by atoms with Gasteiger partial charge in [0, 0.05) is 18.3 Å². The number of carbonyl (C=O) groups is 1. The number of nitrogens with one attached hydrogen (secondary N) is 1. The number of nitrogens with zero attached hydrogens (tertiary/aromatic N) is 1. The molecule has 28 heavy (non-hydrogen) atoms. The zero-order valence-corrected chi connectivity index (χ0v) is 14.8. The maximum Gasteiger partial charge on any atom is 0.322 e. The van der Waals surface area contributed by atoms with E-state index in [9.17, 15) is 18.0 Å². The van der Waals surface area contributed by atoms with Gasteiger partial charge in [-0.1, -0.05) is 36.4 Å². The lowest BCUT2D eigenvalue weighted by Gasteiger charge is -2.37. The molecule has 1 heterocycles. The van der Waals surface area contributed by atoms with Crippen LogP contribution in [-0.4, -0.2) is 17.5 Å². The van der Waals surface area contributed by atoms with Crippen LogP contribution < -0.4 is 5.32 Å². The van der Waals surface area contributed by atoms with E-state index in [0.717, 1.165) is 34.9 Å². The molecule has 0 saturated carbocycles. The monoisotopic (exact) mass is 382 g/mol. The van der Waals surface area contributed by atoms with Crippen LogP contribution in [0.2, 0.25) is 0 Å². The van der Waals surface area contributed by atoms with E-state index in [0.29, 0.717) is 13.0 Å². The molecule has 1 N–H and O–H groups in total. The summed E-state index contributed by atoms with van der Waals surface area (Å²) >= 11 is 0. The van der Waals surface area contributed by atoms with Crippen LogP contribution in [0.4, 0.5) is 23.7 Å². The molecule has 3 nitrogen and oxygen atoms in total. The number of anilines is 1. The fourth-order valence-electron chi connectivity index (χ4n) is 3.61. The van der Waals surface area contributed by atoms with Gasteiger partial charge in [-0.3, -0.25) is 0 Å². The molecule has 0 fully saturated rings. The second kappa shape index (κ2) is 7.38. The summed E-state index contributed by atoms with van der Waals surface area (Å²) in [4.78, 5) is 14.5. The van der Waals surface area contributed by atoms with Gasteiger partial charge in [0.2, 0.25) is 0 Å². The predicted octanol–water partition coefficient (Wildman–Crippen LogP) is 5.28. The first kappa shape index (κ1) is 18.1. The molecule has 1 unspecified atom stereocenters. The third-order valence-electron chi connectivity index (χ3n) is 4.84. The van der Waals surface area contributed by atoms with Crippen LogP contribution in [0.15, 0.2) is 66.7 Å². The van der Waals surface area contributed by atoms with E-state index in [1.165, 1.54) is 12.1 Å². The van der Waals surface area contributed by atoms with Gasteiger partial charge in [-0.15, -0.1) is 0 Å². The van der Waals surface area contributed by atoms with Gasteiger partial charge in [0.1, 0.15) is 17.5 Å². The van der Waals surface area contributed by atoms with Crippen LogP contribution >= 0.6 is 0 Å². The highest BCUT2D eigenvalue weighted by atomic mass is 19.1. The van der Waals surface area contributed by atoms with Gasteiger partial charge in [0.05, 0.1) is 6.04 Å². The Morgan fingerprint density at radius 1 is 0.893 bits per heavy atom. The van der Waals surface area contributed by atoms with Gasteiger partial charge >= 0.3 is 6.03 Å². The van der Waals surface area contributed by atoms with E-state index in [-0.39, 0.29) is 11.5 Å². The van der Waals surface area contributed by atoms with Crippen LogP contribution in [0, 0.1) is 17.5 Å². The average Bonchev–Trinajstić information content (AvgIpc) is 2.67. The lowest BCUT2D eigenvalue weighted by Crippen LogP contribution is -2.43. The Hall–Kier alpha value is -3.28. The second-order valence-electron chi connectivity index (χ2n) is 6.68. The lowest BCUT2D eigenvalue weighted by molar-refractivity contribution is 0.194. The first-order valence-corrected chi connectivity index (χ1v) is 8.88. The Bertz CT molecular complexity index is 1000. The normalized spacial score (nSPS) is 15.8. The highest BCUT2D eigenvalue weighted by molar-refractivity contribution is 5.90. The SMILES string of the molecule is O=C(Nc1cc(F)cc(F)c1)N1CCc2ccccc2C1c1ccc(F)cc1. The molecule has 0 aliphatic carbocycles.